The maximum absolute atomic E-state index is 12.2. The second-order valence-corrected chi connectivity index (χ2v) is 15.5. The van der Waals surface area contributed by atoms with Gasteiger partial charge in [-0.15, -0.1) is 24.4 Å². The number of alkyl halides is 1. The van der Waals surface area contributed by atoms with Gasteiger partial charge in [-0.25, -0.2) is 0 Å². The van der Waals surface area contributed by atoms with E-state index in [0.717, 1.165) is 49.7 Å². The Labute approximate surface area is 329 Å². The second-order valence-electron chi connectivity index (χ2n) is 11.2. The average molecular weight is 810 g/mol. The topological polar surface area (TPSA) is 34.1 Å². The molecule has 0 heterocycles. The lowest BCUT2D eigenvalue weighted by Crippen LogP contribution is -1.91. The normalized spacial score (nSPS) is 10.3. The number of carbonyl (C=O) groups is 2. The van der Waals surface area contributed by atoms with Crippen LogP contribution in [0.3, 0.4) is 0 Å². The third-order valence-electron chi connectivity index (χ3n) is 7.52. The van der Waals surface area contributed by atoms with Crippen molar-refractivity contribution in [1.82, 2.24) is 0 Å². The Balaban J connectivity index is 0.000000191. The van der Waals surface area contributed by atoms with Crippen LogP contribution in [0.4, 0.5) is 0 Å². The SMILES string of the molecule is CCc1ccc(CBr)cc1.CCc1ccc(CSc2ccc(SC(=O)c3ccccc3)cc2)cc1.O=C(Sc1ccc(S)cc1)c1ccccc1. The molecule has 0 aliphatic carbocycles. The van der Waals surface area contributed by atoms with E-state index in [1.165, 1.54) is 50.7 Å². The predicted octanol–water partition coefficient (Wildman–Crippen LogP) is 13.5. The number of aryl methyl sites for hydroxylation is 2. The van der Waals surface area contributed by atoms with Crippen LogP contribution in [0.15, 0.2) is 177 Å². The number of hydrogen-bond donors (Lipinski definition) is 1. The first-order chi connectivity index (χ1) is 24.9. The van der Waals surface area contributed by atoms with Crippen molar-refractivity contribution in [3.8, 4) is 0 Å². The highest BCUT2D eigenvalue weighted by Crippen LogP contribution is 2.28. The molecule has 0 aliphatic heterocycles. The van der Waals surface area contributed by atoms with E-state index in [9.17, 15) is 9.59 Å². The largest absolute Gasteiger partial charge is 0.281 e. The molecule has 0 atom stereocenters. The minimum Gasteiger partial charge on any atom is -0.281 e. The fraction of sp³-hybridized carbons (Fsp3) is 0.136. The summed E-state index contributed by atoms with van der Waals surface area (Å²) in [4.78, 5) is 28.1. The molecule has 0 radical (unpaired) electrons. The Morgan fingerprint density at radius 1 is 0.490 bits per heavy atom. The Morgan fingerprint density at radius 2 is 0.863 bits per heavy atom. The third kappa shape index (κ3) is 14.6. The molecule has 7 heteroatoms. The van der Waals surface area contributed by atoms with Crippen LogP contribution in [0, 0.1) is 0 Å². The van der Waals surface area contributed by atoms with E-state index in [1.54, 1.807) is 0 Å². The first-order valence-corrected chi connectivity index (χ1v) is 20.8. The summed E-state index contributed by atoms with van der Waals surface area (Å²) in [6.45, 7) is 4.34. The van der Waals surface area contributed by atoms with Gasteiger partial charge in [-0.05, 0) is 107 Å². The molecule has 0 aliphatic rings. The summed E-state index contributed by atoms with van der Waals surface area (Å²) in [5, 5.41) is 1.10. The van der Waals surface area contributed by atoms with Crippen LogP contribution >= 0.6 is 63.8 Å². The molecule has 2 nitrogen and oxygen atoms in total. The lowest BCUT2D eigenvalue weighted by atomic mass is 10.1. The zero-order valence-corrected chi connectivity index (χ0v) is 33.6. The first-order valence-electron chi connectivity index (χ1n) is 16.6. The van der Waals surface area contributed by atoms with E-state index < -0.39 is 0 Å². The molecule has 0 bridgehead atoms. The molecule has 0 spiro atoms. The highest BCUT2D eigenvalue weighted by molar-refractivity contribution is 9.08. The quantitative estimate of drug-likeness (QED) is 0.0847. The van der Waals surface area contributed by atoms with Crippen molar-refractivity contribution in [1.29, 1.82) is 0 Å². The van der Waals surface area contributed by atoms with Crippen LogP contribution in [0.2, 0.25) is 0 Å². The van der Waals surface area contributed by atoms with Gasteiger partial charge in [-0.2, -0.15) is 0 Å². The summed E-state index contributed by atoms with van der Waals surface area (Å²) < 4.78 is 0. The Hall–Kier alpha value is -3.46. The lowest BCUT2D eigenvalue weighted by molar-refractivity contribution is 0.108. The molecule has 0 unspecified atom stereocenters. The highest BCUT2D eigenvalue weighted by Gasteiger charge is 2.08. The molecule has 0 saturated carbocycles. The van der Waals surface area contributed by atoms with Gasteiger partial charge in [0, 0.05) is 41.8 Å². The minimum absolute atomic E-state index is 0.0625. The van der Waals surface area contributed by atoms with Crippen molar-refractivity contribution < 1.29 is 9.59 Å². The van der Waals surface area contributed by atoms with Crippen LogP contribution < -0.4 is 0 Å². The Kier molecular flexibility index (Phi) is 17.8. The van der Waals surface area contributed by atoms with Gasteiger partial charge < -0.3 is 0 Å². The summed E-state index contributed by atoms with van der Waals surface area (Å²) in [7, 11) is 0. The third-order valence-corrected chi connectivity index (χ3v) is 11.4. The maximum atomic E-state index is 12.2. The van der Waals surface area contributed by atoms with Crippen molar-refractivity contribution in [3.05, 3.63) is 191 Å². The molecule has 0 amide bonds. The van der Waals surface area contributed by atoms with Crippen LogP contribution in [0.5, 0.6) is 0 Å². The van der Waals surface area contributed by atoms with E-state index in [1.807, 2.05) is 109 Å². The highest BCUT2D eigenvalue weighted by atomic mass is 79.9. The van der Waals surface area contributed by atoms with Gasteiger partial charge in [0.2, 0.25) is 10.2 Å². The zero-order valence-electron chi connectivity index (χ0n) is 28.7. The van der Waals surface area contributed by atoms with Crippen molar-refractivity contribution in [3.63, 3.8) is 0 Å². The van der Waals surface area contributed by atoms with Crippen LogP contribution in [-0.2, 0) is 23.9 Å². The molecule has 0 aromatic heterocycles. The number of hydrogen-bond acceptors (Lipinski definition) is 6. The van der Waals surface area contributed by atoms with Gasteiger partial charge >= 0.3 is 0 Å². The summed E-state index contributed by atoms with van der Waals surface area (Å²) in [5.74, 6) is 0.958. The van der Waals surface area contributed by atoms with Gasteiger partial charge in [-0.1, -0.05) is 139 Å². The Morgan fingerprint density at radius 3 is 1.27 bits per heavy atom. The lowest BCUT2D eigenvalue weighted by Gasteiger charge is -2.05. The number of carbonyl (C=O) groups excluding carboxylic acids is 2. The molecule has 0 saturated heterocycles. The molecular weight excluding hydrogens is 769 g/mol. The molecule has 51 heavy (non-hydrogen) atoms. The van der Waals surface area contributed by atoms with E-state index >= 15 is 0 Å². The minimum atomic E-state index is 0.0625. The van der Waals surface area contributed by atoms with Gasteiger partial charge in [0.25, 0.3) is 0 Å². The average Bonchev–Trinajstić information content (AvgIpc) is 3.20. The monoisotopic (exact) mass is 808 g/mol. The van der Waals surface area contributed by atoms with Crippen molar-refractivity contribution in [2.45, 2.75) is 57.4 Å². The number of thioether (sulfide) groups is 3. The summed E-state index contributed by atoms with van der Waals surface area (Å²) in [6, 6.07) is 51.9. The molecule has 0 fully saturated rings. The molecule has 0 N–H and O–H groups in total. The van der Waals surface area contributed by atoms with Crippen LogP contribution in [0.1, 0.15) is 56.8 Å². The second kappa shape index (κ2) is 22.5. The standard InChI is InChI=1S/C22H20OS2.C13H10OS2.C9H11Br/c1-2-17-8-10-18(11-9-17)16-24-20-12-14-21(15-13-20)25-22(23)19-6-4-3-5-7-19;14-13(10-4-2-1-3-5-10)16-12-8-6-11(15)7-9-12;1-2-8-3-5-9(7-10)6-4-8/h3-15H,2,16H2,1H3;1-9,15H;3-6H,2,7H2,1H3. The molecule has 6 rings (SSSR count). The van der Waals surface area contributed by atoms with Gasteiger partial charge in [-0.3, -0.25) is 9.59 Å². The van der Waals surface area contributed by atoms with Crippen molar-refractivity contribution in [2.24, 2.45) is 0 Å². The van der Waals surface area contributed by atoms with Crippen molar-refractivity contribution in [2.75, 3.05) is 0 Å². The Bertz CT molecular complexity index is 1870. The zero-order chi connectivity index (χ0) is 36.3. The van der Waals surface area contributed by atoms with Crippen LogP contribution in [0.25, 0.3) is 0 Å². The fourth-order valence-electron chi connectivity index (χ4n) is 4.50. The van der Waals surface area contributed by atoms with Crippen LogP contribution in [-0.4, -0.2) is 10.2 Å². The molecule has 260 valence electrons. The first kappa shape index (κ1) is 40.3. The number of rotatable bonds is 10. The maximum Gasteiger partial charge on any atom is 0.224 e. The summed E-state index contributed by atoms with van der Waals surface area (Å²) in [5.41, 5.74) is 6.92. The van der Waals surface area contributed by atoms with Gasteiger partial charge in [0.1, 0.15) is 0 Å². The number of halogens is 1. The summed E-state index contributed by atoms with van der Waals surface area (Å²) in [6.07, 6.45) is 2.21. The number of thiol groups is 1. The van der Waals surface area contributed by atoms with Gasteiger partial charge in [0.15, 0.2) is 0 Å². The van der Waals surface area contributed by atoms with Crippen molar-refractivity contribution >= 4 is 74.1 Å². The molecular formula is C44H41BrO2S4. The fourth-order valence-corrected chi connectivity index (χ4v) is 7.36. The smallest absolute Gasteiger partial charge is 0.224 e. The number of benzene rings is 6. The summed E-state index contributed by atoms with van der Waals surface area (Å²) >= 11 is 11.9. The predicted molar refractivity (Wildman–Crippen MR) is 227 cm³/mol. The van der Waals surface area contributed by atoms with E-state index in [0.29, 0.717) is 0 Å². The van der Waals surface area contributed by atoms with E-state index in [-0.39, 0.29) is 10.2 Å². The van der Waals surface area contributed by atoms with Gasteiger partial charge in [0.05, 0.1) is 0 Å². The molecule has 6 aromatic rings. The molecule has 6 aromatic carbocycles. The van der Waals surface area contributed by atoms with E-state index in [4.69, 9.17) is 0 Å². The van der Waals surface area contributed by atoms with E-state index in [2.05, 4.69) is 103 Å².